The van der Waals surface area contributed by atoms with E-state index in [0.29, 0.717) is 12.0 Å². The molecule has 1 aliphatic rings. The number of aryl methyl sites for hydroxylation is 2. The zero-order valence-corrected chi connectivity index (χ0v) is 16.6. The van der Waals surface area contributed by atoms with Gasteiger partial charge in [-0.1, -0.05) is 18.2 Å². The van der Waals surface area contributed by atoms with E-state index in [-0.39, 0.29) is 6.04 Å². The van der Waals surface area contributed by atoms with Crippen molar-refractivity contribution in [2.45, 2.75) is 32.9 Å². The fraction of sp³-hybridized carbons (Fsp3) is 0.450. The Kier molecular flexibility index (Phi) is 4.84. The third-order valence-corrected chi connectivity index (χ3v) is 6.27. The second-order valence-corrected chi connectivity index (χ2v) is 8.65. The Balaban J connectivity index is 1.50. The molecule has 0 spiro atoms. The molecule has 3 heterocycles. The second-order valence-electron chi connectivity index (χ2n) is 7.24. The van der Waals surface area contributed by atoms with Crippen molar-refractivity contribution in [3.8, 4) is 0 Å². The van der Waals surface area contributed by atoms with Gasteiger partial charge in [0.25, 0.3) is 0 Å². The Morgan fingerprint density at radius 3 is 2.88 bits per heavy atom. The van der Waals surface area contributed by atoms with Crippen molar-refractivity contribution in [2.75, 3.05) is 20.1 Å². The molecule has 0 amide bonds. The lowest BCUT2D eigenvalue weighted by molar-refractivity contribution is 0.207. The van der Waals surface area contributed by atoms with Crippen molar-refractivity contribution in [1.29, 1.82) is 0 Å². The van der Waals surface area contributed by atoms with Gasteiger partial charge in [-0.2, -0.15) is 0 Å². The summed E-state index contributed by atoms with van der Waals surface area (Å²) in [4.78, 5) is 8.46. The van der Waals surface area contributed by atoms with E-state index in [9.17, 15) is 0 Å². The van der Waals surface area contributed by atoms with Crippen LogP contribution in [0.3, 0.4) is 0 Å². The molecule has 0 aliphatic carbocycles. The first-order chi connectivity index (χ1) is 12.5. The van der Waals surface area contributed by atoms with Crippen LogP contribution in [0, 0.1) is 19.8 Å². The monoisotopic (exact) mass is 370 g/mol. The van der Waals surface area contributed by atoms with Crippen molar-refractivity contribution in [3.63, 3.8) is 0 Å². The number of para-hydroxylation sites is 1. The summed E-state index contributed by atoms with van der Waals surface area (Å²) in [6.45, 7) is 8.39. The van der Waals surface area contributed by atoms with Crippen LogP contribution in [0.5, 0.6) is 0 Å². The number of nitrogens with one attached hydrogen (secondary N) is 2. The van der Waals surface area contributed by atoms with Gasteiger partial charge in [-0.25, -0.2) is 10.4 Å². The van der Waals surface area contributed by atoms with Crippen molar-refractivity contribution in [3.05, 3.63) is 51.7 Å². The maximum absolute atomic E-state index is 6.10. The normalized spacial score (nSPS) is 21.7. The Morgan fingerprint density at radius 2 is 2.15 bits per heavy atom. The number of aromatic nitrogens is 1. The Bertz CT molecular complexity index is 869. The quantitative estimate of drug-likeness (QED) is 0.712. The van der Waals surface area contributed by atoms with Gasteiger partial charge in [-0.15, -0.1) is 11.3 Å². The average Bonchev–Trinajstić information content (AvgIpc) is 3.31. The molecule has 5 nitrogen and oxygen atoms in total. The molecule has 138 valence electrons. The fourth-order valence-corrected chi connectivity index (χ4v) is 4.74. The molecule has 2 aromatic heterocycles. The number of thiazole rings is 1. The molecule has 4 rings (SSSR count). The topological polar surface area (TPSA) is 53.3 Å². The zero-order chi connectivity index (χ0) is 18.3. The minimum Gasteiger partial charge on any atom is -0.459 e. The summed E-state index contributed by atoms with van der Waals surface area (Å²) >= 11 is 1.78. The van der Waals surface area contributed by atoms with Crippen molar-refractivity contribution in [2.24, 2.45) is 5.92 Å². The molecule has 0 saturated carbocycles. The van der Waals surface area contributed by atoms with Crippen LogP contribution in [0.1, 0.15) is 40.3 Å². The minimum absolute atomic E-state index is 0.176. The summed E-state index contributed by atoms with van der Waals surface area (Å²) in [5.41, 5.74) is 8.87. The molecular formula is C20H26N4OS. The predicted molar refractivity (Wildman–Crippen MR) is 106 cm³/mol. The third kappa shape index (κ3) is 3.30. The summed E-state index contributed by atoms with van der Waals surface area (Å²) in [6.07, 6.45) is 0. The smallest absolute Gasteiger partial charge is 0.134 e. The van der Waals surface area contributed by atoms with E-state index >= 15 is 0 Å². The molecule has 1 saturated heterocycles. The van der Waals surface area contributed by atoms with Crippen molar-refractivity contribution in [1.82, 2.24) is 20.7 Å². The molecule has 3 unspecified atom stereocenters. The van der Waals surface area contributed by atoms with Crippen LogP contribution in [0.15, 0.2) is 34.7 Å². The van der Waals surface area contributed by atoms with E-state index in [1.807, 2.05) is 18.2 Å². The van der Waals surface area contributed by atoms with E-state index in [2.05, 4.69) is 55.7 Å². The SMILES string of the molecule is Cc1nc(C(C)N(C)CC2CNNC2c2cc3ccccc3o2)c(C)s1. The van der Waals surface area contributed by atoms with Crippen LogP contribution in [-0.4, -0.2) is 30.0 Å². The van der Waals surface area contributed by atoms with Gasteiger partial charge in [0, 0.05) is 29.3 Å². The standard InChI is InChI=1S/C20H26N4OS/c1-12(19-13(2)26-14(3)22-19)24(4)11-16-10-21-23-20(16)18-9-15-7-5-6-8-17(15)25-18/h5-9,12,16,20-21,23H,10-11H2,1-4H3. The first kappa shape index (κ1) is 17.7. The fourth-order valence-electron chi connectivity index (χ4n) is 3.83. The van der Waals surface area contributed by atoms with E-state index in [4.69, 9.17) is 9.40 Å². The first-order valence-corrected chi connectivity index (χ1v) is 9.95. The molecule has 0 radical (unpaired) electrons. The Morgan fingerprint density at radius 1 is 1.35 bits per heavy atom. The lowest BCUT2D eigenvalue weighted by Gasteiger charge is -2.28. The lowest BCUT2D eigenvalue weighted by atomic mass is 9.98. The summed E-state index contributed by atoms with van der Waals surface area (Å²) in [5.74, 6) is 1.44. The van der Waals surface area contributed by atoms with Gasteiger partial charge in [0.15, 0.2) is 0 Å². The highest BCUT2D eigenvalue weighted by atomic mass is 32.1. The summed E-state index contributed by atoms with van der Waals surface area (Å²) < 4.78 is 6.10. The molecule has 2 N–H and O–H groups in total. The van der Waals surface area contributed by atoms with E-state index in [1.54, 1.807) is 11.3 Å². The van der Waals surface area contributed by atoms with E-state index < -0.39 is 0 Å². The highest BCUT2D eigenvalue weighted by Gasteiger charge is 2.33. The van der Waals surface area contributed by atoms with Crippen molar-refractivity contribution < 1.29 is 4.42 Å². The van der Waals surface area contributed by atoms with Crippen LogP contribution < -0.4 is 10.9 Å². The summed E-state index contributed by atoms with van der Waals surface area (Å²) in [5, 5.41) is 2.30. The number of fused-ring (bicyclic) bond motifs is 1. The average molecular weight is 371 g/mol. The lowest BCUT2D eigenvalue weighted by Crippen LogP contribution is -2.32. The number of hydrazine groups is 1. The van der Waals surface area contributed by atoms with Gasteiger partial charge in [-0.05, 0) is 40.0 Å². The molecule has 1 aliphatic heterocycles. The summed E-state index contributed by atoms with van der Waals surface area (Å²) in [7, 11) is 2.19. The van der Waals surface area contributed by atoms with Crippen LogP contribution in [-0.2, 0) is 0 Å². The molecule has 3 aromatic rings. The predicted octanol–water partition coefficient (Wildman–Crippen LogP) is 3.96. The van der Waals surface area contributed by atoms with Crippen LogP contribution >= 0.6 is 11.3 Å². The number of hydrogen-bond acceptors (Lipinski definition) is 6. The molecule has 1 fully saturated rings. The van der Waals surface area contributed by atoms with Gasteiger partial charge >= 0.3 is 0 Å². The Hall–Kier alpha value is -1.73. The number of hydrogen-bond donors (Lipinski definition) is 2. The van der Waals surface area contributed by atoms with Crippen molar-refractivity contribution >= 4 is 22.3 Å². The molecule has 1 aromatic carbocycles. The van der Waals surface area contributed by atoms with Gasteiger partial charge in [0.1, 0.15) is 11.3 Å². The molecule has 0 bridgehead atoms. The van der Waals surface area contributed by atoms with E-state index in [1.165, 1.54) is 10.6 Å². The zero-order valence-electron chi connectivity index (χ0n) is 15.7. The van der Waals surface area contributed by atoms with Gasteiger partial charge in [0.2, 0.25) is 0 Å². The molecule has 6 heteroatoms. The number of benzene rings is 1. The maximum atomic E-state index is 6.10. The first-order valence-electron chi connectivity index (χ1n) is 9.14. The summed E-state index contributed by atoms with van der Waals surface area (Å²) in [6, 6.07) is 10.8. The molecular weight excluding hydrogens is 344 g/mol. The number of rotatable bonds is 5. The van der Waals surface area contributed by atoms with Gasteiger partial charge < -0.3 is 4.42 Å². The van der Waals surface area contributed by atoms with Crippen LogP contribution in [0.4, 0.5) is 0 Å². The highest BCUT2D eigenvalue weighted by molar-refractivity contribution is 7.11. The van der Waals surface area contributed by atoms with E-state index in [0.717, 1.165) is 34.8 Å². The Labute approximate surface area is 158 Å². The van der Waals surface area contributed by atoms with Crippen LogP contribution in [0.2, 0.25) is 0 Å². The molecule has 26 heavy (non-hydrogen) atoms. The van der Waals surface area contributed by atoms with Crippen LogP contribution in [0.25, 0.3) is 11.0 Å². The van der Waals surface area contributed by atoms with Gasteiger partial charge in [-0.3, -0.25) is 10.3 Å². The second kappa shape index (κ2) is 7.12. The highest BCUT2D eigenvalue weighted by Crippen LogP contribution is 2.32. The van der Waals surface area contributed by atoms with Gasteiger partial charge in [0.05, 0.1) is 22.8 Å². The number of furan rings is 1. The minimum atomic E-state index is 0.176. The third-order valence-electron chi connectivity index (χ3n) is 5.36. The maximum Gasteiger partial charge on any atom is 0.134 e. The number of nitrogens with zero attached hydrogens (tertiary/aromatic N) is 2. The largest absolute Gasteiger partial charge is 0.459 e. The molecule has 3 atom stereocenters.